The number of piperidine rings is 1. The van der Waals surface area contributed by atoms with Crippen molar-refractivity contribution in [2.24, 2.45) is 5.92 Å². The number of rotatable bonds is 4. The van der Waals surface area contributed by atoms with Gasteiger partial charge in [0.15, 0.2) is 0 Å². The molecular weight excluding hydrogens is 362 g/mol. The fourth-order valence-corrected chi connectivity index (χ4v) is 4.36. The minimum Gasteiger partial charge on any atom is -0.351 e. The third kappa shape index (κ3) is 4.44. The number of para-hydroxylation sites is 2. The van der Waals surface area contributed by atoms with Crippen molar-refractivity contribution in [1.29, 1.82) is 0 Å². The summed E-state index contributed by atoms with van der Waals surface area (Å²) in [5.74, 6) is 0.672. The zero-order chi connectivity index (χ0) is 20.4. The molecule has 0 spiro atoms. The van der Waals surface area contributed by atoms with E-state index >= 15 is 0 Å². The van der Waals surface area contributed by atoms with Crippen LogP contribution in [0.4, 0.5) is 11.4 Å². The lowest BCUT2D eigenvalue weighted by Crippen LogP contribution is -2.47. The predicted molar refractivity (Wildman–Crippen MR) is 116 cm³/mol. The van der Waals surface area contributed by atoms with Crippen molar-refractivity contribution in [3.05, 3.63) is 59.2 Å². The van der Waals surface area contributed by atoms with E-state index in [-0.39, 0.29) is 24.9 Å². The molecule has 2 aliphatic rings. The Balaban J connectivity index is 1.32. The Morgan fingerprint density at radius 3 is 2.59 bits per heavy atom. The largest absolute Gasteiger partial charge is 0.351 e. The number of nitrogens with one attached hydrogen (secondary N) is 1. The van der Waals surface area contributed by atoms with Crippen LogP contribution in [0.1, 0.15) is 29.5 Å². The zero-order valence-corrected chi connectivity index (χ0v) is 17.3. The van der Waals surface area contributed by atoms with Crippen molar-refractivity contribution in [1.82, 2.24) is 4.90 Å². The van der Waals surface area contributed by atoms with Crippen LogP contribution in [0.15, 0.2) is 42.5 Å². The van der Waals surface area contributed by atoms with Crippen LogP contribution < -0.4 is 10.2 Å². The van der Waals surface area contributed by atoms with Gasteiger partial charge in [0.2, 0.25) is 11.8 Å². The maximum atomic E-state index is 12.9. The van der Waals surface area contributed by atoms with Gasteiger partial charge in [-0.25, -0.2) is 0 Å². The highest BCUT2D eigenvalue weighted by Crippen LogP contribution is 2.29. The SMILES string of the molecule is Cc1ccc(CC2CCN(C(=O)CN3CC(=O)Nc4ccccc43)CC2)cc1C. The summed E-state index contributed by atoms with van der Waals surface area (Å²) in [4.78, 5) is 28.7. The number of fused-ring (bicyclic) bond motifs is 1. The number of aryl methyl sites for hydroxylation is 2. The number of amides is 2. The molecule has 0 bridgehead atoms. The first-order valence-corrected chi connectivity index (χ1v) is 10.5. The lowest BCUT2D eigenvalue weighted by Gasteiger charge is -2.35. The van der Waals surface area contributed by atoms with E-state index in [4.69, 9.17) is 0 Å². The molecule has 0 aliphatic carbocycles. The van der Waals surface area contributed by atoms with Gasteiger partial charge in [0.05, 0.1) is 24.5 Å². The maximum Gasteiger partial charge on any atom is 0.243 e. The highest BCUT2D eigenvalue weighted by Gasteiger charge is 2.27. The molecule has 1 fully saturated rings. The van der Waals surface area contributed by atoms with Crippen molar-refractivity contribution in [2.45, 2.75) is 33.1 Å². The summed E-state index contributed by atoms with van der Waals surface area (Å²) in [5, 5.41) is 2.87. The lowest BCUT2D eigenvalue weighted by atomic mass is 9.89. The number of carbonyl (C=O) groups excluding carboxylic acids is 2. The van der Waals surface area contributed by atoms with Crippen LogP contribution in [-0.4, -0.2) is 42.9 Å². The zero-order valence-electron chi connectivity index (χ0n) is 17.3. The fourth-order valence-electron chi connectivity index (χ4n) is 4.36. The van der Waals surface area contributed by atoms with E-state index in [9.17, 15) is 9.59 Å². The molecule has 152 valence electrons. The first-order chi connectivity index (χ1) is 14.0. The van der Waals surface area contributed by atoms with E-state index in [1.54, 1.807) is 0 Å². The summed E-state index contributed by atoms with van der Waals surface area (Å²) in [6, 6.07) is 14.4. The number of nitrogens with zero attached hydrogens (tertiary/aromatic N) is 2. The number of carbonyl (C=O) groups is 2. The van der Waals surface area contributed by atoms with E-state index in [1.165, 1.54) is 16.7 Å². The minimum atomic E-state index is -0.0661. The van der Waals surface area contributed by atoms with E-state index in [0.29, 0.717) is 5.92 Å². The van der Waals surface area contributed by atoms with Crippen LogP contribution in [-0.2, 0) is 16.0 Å². The van der Waals surface area contributed by atoms with Gasteiger partial charge in [-0.15, -0.1) is 0 Å². The molecule has 1 N–H and O–H groups in total. The van der Waals surface area contributed by atoms with E-state index < -0.39 is 0 Å². The van der Waals surface area contributed by atoms with Crippen LogP contribution in [0.3, 0.4) is 0 Å². The molecule has 2 aromatic rings. The summed E-state index contributed by atoms with van der Waals surface area (Å²) >= 11 is 0. The minimum absolute atomic E-state index is 0.0661. The number of anilines is 2. The van der Waals surface area contributed by atoms with Crippen molar-refractivity contribution >= 4 is 23.2 Å². The van der Waals surface area contributed by atoms with Crippen LogP contribution in [0.2, 0.25) is 0 Å². The Morgan fingerprint density at radius 1 is 1.07 bits per heavy atom. The first-order valence-electron chi connectivity index (χ1n) is 10.5. The Morgan fingerprint density at radius 2 is 1.83 bits per heavy atom. The van der Waals surface area contributed by atoms with E-state index in [2.05, 4.69) is 37.4 Å². The molecule has 1 saturated heterocycles. The predicted octanol–water partition coefficient (Wildman–Crippen LogP) is 3.54. The van der Waals surface area contributed by atoms with Gasteiger partial charge in [-0.05, 0) is 67.9 Å². The molecule has 2 aliphatic heterocycles. The van der Waals surface area contributed by atoms with Gasteiger partial charge in [0.25, 0.3) is 0 Å². The molecular formula is C24H29N3O2. The van der Waals surface area contributed by atoms with Crippen LogP contribution in [0.5, 0.6) is 0 Å². The number of benzene rings is 2. The summed E-state index contributed by atoms with van der Waals surface area (Å²) in [6.45, 7) is 6.40. The van der Waals surface area contributed by atoms with Crippen LogP contribution in [0, 0.1) is 19.8 Å². The fraction of sp³-hybridized carbons (Fsp3) is 0.417. The highest BCUT2D eigenvalue weighted by molar-refractivity contribution is 6.02. The molecule has 5 heteroatoms. The maximum absolute atomic E-state index is 12.9. The smallest absolute Gasteiger partial charge is 0.243 e. The molecule has 0 radical (unpaired) electrons. The molecule has 2 amide bonds. The number of likely N-dealkylation sites (tertiary alicyclic amines) is 1. The summed E-state index contributed by atoms with van der Waals surface area (Å²) in [7, 11) is 0. The monoisotopic (exact) mass is 391 g/mol. The third-order valence-corrected chi connectivity index (χ3v) is 6.24. The molecule has 0 aromatic heterocycles. The van der Waals surface area contributed by atoms with Crippen molar-refractivity contribution in [2.75, 3.05) is 36.4 Å². The molecule has 0 saturated carbocycles. The van der Waals surface area contributed by atoms with Gasteiger partial charge in [-0.1, -0.05) is 30.3 Å². The van der Waals surface area contributed by atoms with Crippen LogP contribution >= 0.6 is 0 Å². The number of hydrogen-bond donors (Lipinski definition) is 1. The average molecular weight is 392 g/mol. The quantitative estimate of drug-likeness (QED) is 0.867. The van der Waals surface area contributed by atoms with Crippen molar-refractivity contribution in [3.8, 4) is 0 Å². The van der Waals surface area contributed by atoms with E-state index in [1.807, 2.05) is 34.1 Å². The average Bonchev–Trinajstić information content (AvgIpc) is 2.71. The van der Waals surface area contributed by atoms with Crippen molar-refractivity contribution in [3.63, 3.8) is 0 Å². The molecule has 4 rings (SSSR count). The second-order valence-electron chi connectivity index (χ2n) is 8.37. The molecule has 5 nitrogen and oxygen atoms in total. The van der Waals surface area contributed by atoms with Gasteiger partial charge in [-0.3, -0.25) is 9.59 Å². The standard InChI is InChI=1S/C24H29N3O2/c1-17-7-8-20(13-18(17)2)14-19-9-11-26(12-10-19)24(29)16-27-15-23(28)25-21-5-3-4-6-22(21)27/h3-8,13,19H,9-12,14-16H2,1-2H3,(H,25,28). The Bertz CT molecular complexity index is 916. The topological polar surface area (TPSA) is 52.7 Å². The first kappa shape index (κ1) is 19.5. The summed E-state index contributed by atoms with van der Waals surface area (Å²) in [5.41, 5.74) is 5.78. The molecule has 0 atom stereocenters. The summed E-state index contributed by atoms with van der Waals surface area (Å²) < 4.78 is 0. The normalized spacial score (nSPS) is 17.1. The second kappa shape index (κ2) is 8.27. The molecule has 29 heavy (non-hydrogen) atoms. The van der Waals surface area contributed by atoms with Gasteiger partial charge >= 0.3 is 0 Å². The second-order valence-corrected chi connectivity index (χ2v) is 8.37. The van der Waals surface area contributed by atoms with Gasteiger partial charge in [0.1, 0.15) is 0 Å². The Labute approximate surface area is 172 Å². The number of hydrogen-bond acceptors (Lipinski definition) is 3. The Hall–Kier alpha value is -2.82. The lowest BCUT2D eigenvalue weighted by molar-refractivity contribution is -0.131. The Kier molecular flexibility index (Phi) is 5.56. The molecule has 0 unspecified atom stereocenters. The van der Waals surface area contributed by atoms with Gasteiger partial charge in [0, 0.05) is 13.1 Å². The molecule has 2 aromatic carbocycles. The van der Waals surface area contributed by atoms with E-state index in [0.717, 1.165) is 43.7 Å². The van der Waals surface area contributed by atoms with Crippen LogP contribution in [0.25, 0.3) is 0 Å². The van der Waals surface area contributed by atoms with Gasteiger partial charge in [-0.2, -0.15) is 0 Å². The molecule has 2 heterocycles. The summed E-state index contributed by atoms with van der Waals surface area (Å²) in [6.07, 6.45) is 3.16. The van der Waals surface area contributed by atoms with Gasteiger partial charge < -0.3 is 15.1 Å². The third-order valence-electron chi connectivity index (χ3n) is 6.24. The van der Waals surface area contributed by atoms with Crippen molar-refractivity contribution < 1.29 is 9.59 Å². The highest BCUT2D eigenvalue weighted by atomic mass is 16.2.